The zero-order chi connectivity index (χ0) is 14.6. The van der Waals surface area contributed by atoms with Crippen molar-refractivity contribution in [3.8, 4) is 0 Å². The van der Waals surface area contributed by atoms with Crippen molar-refractivity contribution >= 4 is 11.6 Å². The minimum absolute atomic E-state index is 0.00307. The van der Waals surface area contributed by atoms with Crippen molar-refractivity contribution in [2.75, 3.05) is 13.2 Å². The van der Waals surface area contributed by atoms with Gasteiger partial charge in [0.2, 0.25) is 5.82 Å². The molecule has 0 aliphatic carbocycles. The van der Waals surface area contributed by atoms with E-state index in [1.807, 2.05) is 0 Å². The van der Waals surface area contributed by atoms with Crippen LogP contribution in [0.25, 0.3) is 0 Å². The van der Waals surface area contributed by atoms with Crippen LogP contribution in [0.15, 0.2) is 12.1 Å². The third-order valence-electron chi connectivity index (χ3n) is 2.42. The monoisotopic (exact) mass is 274 g/mol. The predicted molar refractivity (Wildman–Crippen MR) is 61.6 cm³/mol. The molecule has 8 heteroatoms. The lowest BCUT2D eigenvalue weighted by Crippen LogP contribution is -2.31. The summed E-state index contributed by atoms with van der Waals surface area (Å²) in [5, 5.41) is 21.5. The number of carbonyl (C=O) groups excluding carboxylic acids is 1. The Kier molecular flexibility index (Phi) is 4.87. The Balaban J connectivity index is 3.02. The van der Waals surface area contributed by atoms with Crippen LogP contribution in [0.3, 0.4) is 0 Å². The van der Waals surface area contributed by atoms with E-state index in [2.05, 4.69) is 5.32 Å². The van der Waals surface area contributed by atoms with Gasteiger partial charge in [-0.25, -0.2) is 4.39 Å². The van der Waals surface area contributed by atoms with Gasteiger partial charge < -0.3 is 10.4 Å². The average molecular weight is 274 g/mol. The zero-order valence-electron chi connectivity index (χ0n) is 10.0. The molecule has 0 saturated carbocycles. The third-order valence-corrected chi connectivity index (χ3v) is 2.42. The highest BCUT2D eigenvalue weighted by molar-refractivity contribution is 5.95. The number of nitrogens with zero attached hydrogens (tertiary/aromatic N) is 1. The lowest BCUT2D eigenvalue weighted by Gasteiger charge is -2.10. The Bertz CT molecular complexity index is 508. The van der Waals surface area contributed by atoms with E-state index in [1.54, 1.807) is 6.92 Å². The van der Waals surface area contributed by atoms with Crippen LogP contribution in [0.2, 0.25) is 0 Å². The number of aliphatic hydroxyl groups excluding tert-OH is 1. The normalized spacial score (nSPS) is 12.0. The molecule has 1 atom stereocenters. The maximum absolute atomic E-state index is 13.6. The molecule has 1 amide bonds. The summed E-state index contributed by atoms with van der Waals surface area (Å²) in [7, 11) is 0. The van der Waals surface area contributed by atoms with Gasteiger partial charge in [-0.1, -0.05) is 6.92 Å². The lowest BCUT2D eigenvalue weighted by molar-refractivity contribution is -0.387. The Morgan fingerprint density at radius 1 is 1.53 bits per heavy atom. The number of halogens is 2. The van der Waals surface area contributed by atoms with Gasteiger partial charge in [-0.3, -0.25) is 14.9 Å². The fourth-order valence-electron chi connectivity index (χ4n) is 1.31. The molecular weight excluding hydrogens is 262 g/mol. The highest BCUT2D eigenvalue weighted by Gasteiger charge is 2.26. The number of hydrogen-bond acceptors (Lipinski definition) is 4. The summed E-state index contributed by atoms with van der Waals surface area (Å²) in [4.78, 5) is 21.0. The molecule has 1 rings (SSSR count). The van der Waals surface area contributed by atoms with Crippen LogP contribution in [-0.2, 0) is 0 Å². The van der Waals surface area contributed by atoms with E-state index < -0.39 is 33.7 Å². The number of benzene rings is 1. The summed E-state index contributed by atoms with van der Waals surface area (Å²) in [6.07, 6.45) is 0. The standard InChI is InChI=1S/C11H12F2N2O4/c1-6(5-16)4-14-11(17)9-7(12)2-3-8(10(9)13)15(18)19/h2-3,6,16H,4-5H2,1H3,(H,14,17). The number of nitrogens with one attached hydrogen (secondary N) is 1. The molecule has 2 N–H and O–H groups in total. The number of aliphatic hydroxyl groups is 1. The maximum Gasteiger partial charge on any atom is 0.305 e. The van der Waals surface area contributed by atoms with Crippen molar-refractivity contribution < 1.29 is 23.6 Å². The van der Waals surface area contributed by atoms with Gasteiger partial charge in [0.15, 0.2) is 0 Å². The summed E-state index contributed by atoms with van der Waals surface area (Å²) in [5.74, 6) is -4.09. The first-order valence-electron chi connectivity index (χ1n) is 5.40. The molecule has 0 aliphatic heterocycles. The second-order valence-electron chi connectivity index (χ2n) is 4.01. The van der Waals surface area contributed by atoms with Gasteiger partial charge >= 0.3 is 5.69 Å². The third kappa shape index (κ3) is 3.44. The summed E-state index contributed by atoms with van der Waals surface area (Å²) in [6.45, 7) is 1.40. The summed E-state index contributed by atoms with van der Waals surface area (Å²) in [5.41, 5.74) is -1.97. The van der Waals surface area contributed by atoms with Gasteiger partial charge in [0.25, 0.3) is 5.91 Å². The first kappa shape index (κ1) is 15.0. The lowest BCUT2D eigenvalue weighted by atomic mass is 10.1. The maximum atomic E-state index is 13.6. The molecule has 0 aliphatic rings. The van der Waals surface area contributed by atoms with Crippen LogP contribution in [0, 0.1) is 27.7 Å². The summed E-state index contributed by atoms with van der Waals surface area (Å²) >= 11 is 0. The average Bonchev–Trinajstić information content (AvgIpc) is 2.35. The van der Waals surface area contributed by atoms with Crippen LogP contribution in [-0.4, -0.2) is 29.1 Å². The predicted octanol–water partition coefficient (Wildman–Crippen LogP) is 1.23. The Hall–Kier alpha value is -2.09. The van der Waals surface area contributed by atoms with E-state index in [4.69, 9.17) is 5.11 Å². The fraction of sp³-hybridized carbons (Fsp3) is 0.364. The van der Waals surface area contributed by atoms with Gasteiger partial charge in [0, 0.05) is 19.2 Å². The van der Waals surface area contributed by atoms with Crippen molar-refractivity contribution in [1.29, 1.82) is 0 Å². The Morgan fingerprint density at radius 3 is 2.68 bits per heavy atom. The molecule has 0 spiro atoms. The molecule has 1 unspecified atom stereocenters. The van der Waals surface area contributed by atoms with Crippen LogP contribution in [0.4, 0.5) is 14.5 Å². The molecule has 1 aromatic rings. The smallest absolute Gasteiger partial charge is 0.305 e. The number of nitro groups is 1. The molecule has 1 aromatic carbocycles. The molecule has 0 saturated heterocycles. The van der Waals surface area contributed by atoms with Gasteiger partial charge in [-0.2, -0.15) is 4.39 Å². The van der Waals surface area contributed by atoms with E-state index in [0.29, 0.717) is 12.1 Å². The van der Waals surface area contributed by atoms with Crippen molar-refractivity contribution in [1.82, 2.24) is 5.32 Å². The fourth-order valence-corrected chi connectivity index (χ4v) is 1.31. The minimum atomic E-state index is -1.51. The van der Waals surface area contributed by atoms with Crippen LogP contribution in [0.1, 0.15) is 17.3 Å². The SMILES string of the molecule is CC(CO)CNC(=O)c1c(F)ccc([N+](=O)[O-])c1F. The molecular formula is C11H12F2N2O4. The molecule has 0 fully saturated rings. The van der Waals surface area contributed by atoms with E-state index in [1.165, 1.54) is 0 Å². The zero-order valence-corrected chi connectivity index (χ0v) is 10.0. The Morgan fingerprint density at radius 2 is 2.16 bits per heavy atom. The van der Waals surface area contributed by atoms with E-state index in [-0.39, 0.29) is 19.1 Å². The highest BCUT2D eigenvalue weighted by atomic mass is 19.1. The van der Waals surface area contributed by atoms with E-state index >= 15 is 0 Å². The van der Waals surface area contributed by atoms with Crippen molar-refractivity contribution in [3.05, 3.63) is 39.4 Å². The molecule has 0 heterocycles. The molecule has 104 valence electrons. The largest absolute Gasteiger partial charge is 0.396 e. The number of nitro benzene ring substituents is 1. The highest BCUT2D eigenvalue weighted by Crippen LogP contribution is 2.22. The van der Waals surface area contributed by atoms with E-state index in [0.717, 1.165) is 0 Å². The van der Waals surface area contributed by atoms with E-state index in [9.17, 15) is 23.7 Å². The van der Waals surface area contributed by atoms with Crippen LogP contribution in [0.5, 0.6) is 0 Å². The second-order valence-corrected chi connectivity index (χ2v) is 4.01. The molecule has 0 bridgehead atoms. The molecule has 0 radical (unpaired) electrons. The molecule has 19 heavy (non-hydrogen) atoms. The second kappa shape index (κ2) is 6.19. The minimum Gasteiger partial charge on any atom is -0.396 e. The van der Waals surface area contributed by atoms with Crippen molar-refractivity contribution in [2.24, 2.45) is 5.92 Å². The quantitative estimate of drug-likeness (QED) is 0.624. The van der Waals surface area contributed by atoms with Crippen LogP contribution >= 0.6 is 0 Å². The Labute approximate surface area is 107 Å². The number of rotatable bonds is 5. The van der Waals surface area contributed by atoms with Crippen molar-refractivity contribution in [2.45, 2.75) is 6.92 Å². The summed E-state index contributed by atoms with van der Waals surface area (Å²) < 4.78 is 27.0. The number of amides is 1. The summed E-state index contributed by atoms with van der Waals surface area (Å²) in [6, 6.07) is 1.31. The van der Waals surface area contributed by atoms with Crippen molar-refractivity contribution in [3.63, 3.8) is 0 Å². The van der Waals surface area contributed by atoms with Crippen LogP contribution < -0.4 is 5.32 Å². The molecule has 0 aromatic heterocycles. The van der Waals surface area contributed by atoms with Gasteiger partial charge in [-0.05, 0) is 12.0 Å². The molecule has 6 nitrogen and oxygen atoms in total. The van der Waals surface area contributed by atoms with Gasteiger partial charge in [0.1, 0.15) is 11.4 Å². The number of hydrogen-bond donors (Lipinski definition) is 2. The first-order valence-corrected chi connectivity index (χ1v) is 5.40. The van der Waals surface area contributed by atoms with Gasteiger partial charge in [-0.15, -0.1) is 0 Å². The first-order chi connectivity index (χ1) is 8.88. The van der Waals surface area contributed by atoms with Gasteiger partial charge in [0.05, 0.1) is 4.92 Å². The topological polar surface area (TPSA) is 92.5 Å². The number of carbonyl (C=O) groups is 1.